The third-order valence-corrected chi connectivity index (χ3v) is 2.16. The number of nitrogens with one attached hydrogen (secondary N) is 1. The minimum absolute atomic E-state index is 0.816. The van der Waals surface area contributed by atoms with Gasteiger partial charge in [0.2, 0.25) is 0 Å². The van der Waals surface area contributed by atoms with Gasteiger partial charge in [-0.25, -0.2) is 0 Å². The highest BCUT2D eigenvalue weighted by Crippen LogP contribution is 2.12. The Morgan fingerprint density at radius 3 is 2.79 bits per heavy atom. The molecular weight excluding hydrogens is 178 g/mol. The lowest BCUT2D eigenvalue weighted by molar-refractivity contribution is 0.194. The van der Waals surface area contributed by atoms with E-state index >= 15 is 0 Å². The van der Waals surface area contributed by atoms with Crippen molar-refractivity contribution in [2.75, 3.05) is 20.3 Å². The first-order valence-electron chi connectivity index (χ1n) is 4.99. The molecule has 1 aromatic rings. The molecular formula is C11H19NO2. The molecule has 3 heteroatoms. The SMILES string of the molecule is COCCCNCc1cc(C)oc1C. The lowest BCUT2D eigenvalue weighted by atomic mass is 10.2. The van der Waals surface area contributed by atoms with E-state index in [4.69, 9.17) is 9.15 Å². The Hall–Kier alpha value is -0.800. The number of hydrogen-bond donors (Lipinski definition) is 1. The molecule has 1 rings (SSSR count). The molecule has 1 aromatic heterocycles. The second kappa shape index (κ2) is 5.83. The van der Waals surface area contributed by atoms with E-state index in [2.05, 4.69) is 11.4 Å². The van der Waals surface area contributed by atoms with Crippen molar-refractivity contribution < 1.29 is 9.15 Å². The number of rotatable bonds is 6. The van der Waals surface area contributed by atoms with Gasteiger partial charge in [0.05, 0.1) is 0 Å². The van der Waals surface area contributed by atoms with E-state index in [9.17, 15) is 0 Å². The first-order chi connectivity index (χ1) is 6.74. The fraction of sp³-hybridized carbons (Fsp3) is 0.636. The molecule has 0 spiro atoms. The standard InChI is InChI=1S/C11H19NO2/c1-9-7-11(10(2)14-9)8-12-5-4-6-13-3/h7,12H,4-6,8H2,1-3H3. The normalized spacial score (nSPS) is 10.8. The smallest absolute Gasteiger partial charge is 0.105 e. The van der Waals surface area contributed by atoms with Crippen molar-refractivity contribution in [2.24, 2.45) is 0 Å². The molecule has 0 amide bonds. The molecule has 0 radical (unpaired) electrons. The van der Waals surface area contributed by atoms with Crippen molar-refractivity contribution in [1.29, 1.82) is 0 Å². The fourth-order valence-corrected chi connectivity index (χ4v) is 1.42. The minimum atomic E-state index is 0.816. The number of hydrogen-bond acceptors (Lipinski definition) is 3. The molecule has 0 unspecified atom stereocenters. The quantitative estimate of drug-likeness (QED) is 0.708. The van der Waals surface area contributed by atoms with Crippen LogP contribution in [0, 0.1) is 13.8 Å². The number of aryl methyl sites for hydroxylation is 2. The van der Waals surface area contributed by atoms with E-state index < -0.39 is 0 Å². The second-order valence-corrected chi connectivity index (χ2v) is 3.46. The zero-order valence-corrected chi connectivity index (χ0v) is 9.22. The molecule has 14 heavy (non-hydrogen) atoms. The van der Waals surface area contributed by atoms with Crippen LogP contribution in [0.5, 0.6) is 0 Å². The van der Waals surface area contributed by atoms with E-state index in [1.54, 1.807) is 7.11 Å². The van der Waals surface area contributed by atoms with Crippen LogP contribution in [0.4, 0.5) is 0 Å². The third-order valence-electron chi connectivity index (χ3n) is 2.16. The Bertz CT molecular complexity index is 268. The monoisotopic (exact) mass is 197 g/mol. The Kier molecular flexibility index (Phi) is 4.70. The lowest BCUT2D eigenvalue weighted by Gasteiger charge is -2.02. The summed E-state index contributed by atoms with van der Waals surface area (Å²) in [5.74, 6) is 2.00. The van der Waals surface area contributed by atoms with Crippen LogP contribution < -0.4 is 5.32 Å². The number of ether oxygens (including phenoxy) is 1. The maximum absolute atomic E-state index is 5.43. The highest BCUT2D eigenvalue weighted by atomic mass is 16.5. The van der Waals surface area contributed by atoms with E-state index in [1.165, 1.54) is 5.56 Å². The van der Waals surface area contributed by atoms with Crippen molar-refractivity contribution in [2.45, 2.75) is 26.8 Å². The number of methoxy groups -OCH3 is 1. The maximum atomic E-state index is 5.43. The van der Waals surface area contributed by atoms with Gasteiger partial charge in [0.25, 0.3) is 0 Å². The summed E-state index contributed by atoms with van der Waals surface area (Å²) < 4.78 is 10.4. The Balaban J connectivity index is 2.21. The molecule has 0 fully saturated rings. The van der Waals surface area contributed by atoms with Gasteiger partial charge in [0, 0.05) is 25.8 Å². The van der Waals surface area contributed by atoms with Gasteiger partial charge in [0.1, 0.15) is 11.5 Å². The molecule has 0 saturated heterocycles. The van der Waals surface area contributed by atoms with Crippen LogP contribution in [0.3, 0.4) is 0 Å². The van der Waals surface area contributed by atoms with Gasteiger partial charge < -0.3 is 14.5 Å². The molecule has 0 aliphatic carbocycles. The molecule has 1 N–H and O–H groups in total. The van der Waals surface area contributed by atoms with Gasteiger partial charge in [-0.1, -0.05) is 0 Å². The van der Waals surface area contributed by atoms with Crippen molar-refractivity contribution in [3.05, 3.63) is 23.2 Å². The summed E-state index contributed by atoms with van der Waals surface area (Å²) in [6, 6.07) is 2.08. The summed E-state index contributed by atoms with van der Waals surface area (Å²) >= 11 is 0. The van der Waals surface area contributed by atoms with Gasteiger partial charge >= 0.3 is 0 Å². The topological polar surface area (TPSA) is 34.4 Å². The Morgan fingerprint density at radius 1 is 1.43 bits per heavy atom. The van der Waals surface area contributed by atoms with E-state index in [0.29, 0.717) is 0 Å². The molecule has 0 saturated carbocycles. The summed E-state index contributed by atoms with van der Waals surface area (Å²) in [4.78, 5) is 0. The summed E-state index contributed by atoms with van der Waals surface area (Å²) in [6.07, 6.45) is 1.05. The van der Waals surface area contributed by atoms with Gasteiger partial charge in [-0.2, -0.15) is 0 Å². The van der Waals surface area contributed by atoms with Gasteiger partial charge in [-0.15, -0.1) is 0 Å². The second-order valence-electron chi connectivity index (χ2n) is 3.46. The van der Waals surface area contributed by atoms with Crippen molar-refractivity contribution >= 4 is 0 Å². The fourth-order valence-electron chi connectivity index (χ4n) is 1.42. The van der Waals surface area contributed by atoms with Gasteiger partial charge in [0.15, 0.2) is 0 Å². The molecule has 1 heterocycles. The molecule has 0 aromatic carbocycles. The van der Waals surface area contributed by atoms with E-state index in [1.807, 2.05) is 13.8 Å². The minimum Gasteiger partial charge on any atom is -0.466 e. The van der Waals surface area contributed by atoms with Crippen LogP contribution in [0.15, 0.2) is 10.5 Å². The molecule has 80 valence electrons. The summed E-state index contributed by atoms with van der Waals surface area (Å²) in [7, 11) is 1.73. The highest BCUT2D eigenvalue weighted by Gasteiger charge is 2.02. The van der Waals surface area contributed by atoms with Crippen molar-refractivity contribution in [3.63, 3.8) is 0 Å². The molecule has 3 nitrogen and oxygen atoms in total. The van der Waals surface area contributed by atoms with E-state index in [0.717, 1.165) is 37.6 Å². The zero-order valence-electron chi connectivity index (χ0n) is 9.22. The van der Waals surface area contributed by atoms with Crippen LogP contribution in [-0.2, 0) is 11.3 Å². The Labute approximate surface area is 85.4 Å². The summed E-state index contributed by atoms with van der Waals surface area (Å²) in [6.45, 7) is 6.65. The maximum Gasteiger partial charge on any atom is 0.105 e. The van der Waals surface area contributed by atoms with Gasteiger partial charge in [-0.05, 0) is 32.9 Å². The molecule has 0 bridgehead atoms. The summed E-state index contributed by atoms with van der Waals surface area (Å²) in [5, 5.41) is 3.35. The molecule has 0 aliphatic rings. The third kappa shape index (κ3) is 3.52. The van der Waals surface area contributed by atoms with Crippen LogP contribution in [-0.4, -0.2) is 20.3 Å². The highest BCUT2D eigenvalue weighted by molar-refractivity contribution is 5.19. The predicted octanol–water partition coefficient (Wildman–Crippen LogP) is 2.02. The zero-order chi connectivity index (χ0) is 10.4. The summed E-state index contributed by atoms with van der Waals surface area (Å²) in [5.41, 5.74) is 1.25. The number of furan rings is 1. The first-order valence-corrected chi connectivity index (χ1v) is 4.99. The predicted molar refractivity (Wildman–Crippen MR) is 56.4 cm³/mol. The van der Waals surface area contributed by atoms with Crippen molar-refractivity contribution in [3.8, 4) is 0 Å². The first kappa shape index (κ1) is 11.3. The molecule has 0 atom stereocenters. The van der Waals surface area contributed by atoms with Crippen LogP contribution in [0.1, 0.15) is 23.5 Å². The largest absolute Gasteiger partial charge is 0.466 e. The van der Waals surface area contributed by atoms with Gasteiger partial charge in [-0.3, -0.25) is 0 Å². The van der Waals surface area contributed by atoms with Crippen LogP contribution >= 0.6 is 0 Å². The average molecular weight is 197 g/mol. The van der Waals surface area contributed by atoms with Crippen molar-refractivity contribution in [1.82, 2.24) is 5.32 Å². The van der Waals surface area contributed by atoms with Crippen LogP contribution in [0.25, 0.3) is 0 Å². The Morgan fingerprint density at radius 2 is 2.21 bits per heavy atom. The lowest BCUT2D eigenvalue weighted by Crippen LogP contribution is -2.16. The van der Waals surface area contributed by atoms with E-state index in [-0.39, 0.29) is 0 Å². The van der Waals surface area contributed by atoms with Crippen LogP contribution in [0.2, 0.25) is 0 Å². The molecule has 0 aliphatic heterocycles. The average Bonchev–Trinajstić information content (AvgIpc) is 2.45.